The summed E-state index contributed by atoms with van der Waals surface area (Å²) in [5.41, 5.74) is 0.823. The number of ether oxygens (including phenoxy) is 1. The van der Waals surface area contributed by atoms with E-state index in [4.69, 9.17) is 9.84 Å². The van der Waals surface area contributed by atoms with Gasteiger partial charge in [-0.15, -0.1) is 0 Å². The number of halogens is 1. The molecule has 5 heteroatoms. The molecule has 0 spiro atoms. The van der Waals surface area contributed by atoms with E-state index < -0.39 is 5.82 Å². The Hall–Kier alpha value is -1.90. The Balaban J connectivity index is 2.13. The molecule has 1 heterocycles. The van der Waals surface area contributed by atoms with Crippen molar-refractivity contribution in [3.8, 4) is 11.8 Å². The normalized spacial score (nSPS) is 15.3. The van der Waals surface area contributed by atoms with Crippen LogP contribution in [0.15, 0.2) is 18.2 Å². The van der Waals surface area contributed by atoms with Crippen LogP contribution in [0.5, 0.6) is 0 Å². The number of amides is 1. The van der Waals surface area contributed by atoms with Gasteiger partial charge in [0.05, 0.1) is 11.3 Å². The summed E-state index contributed by atoms with van der Waals surface area (Å²) in [4.78, 5) is 12.1. The molecule has 0 unspecified atom stereocenters. The molecule has 0 saturated carbocycles. The van der Waals surface area contributed by atoms with Gasteiger partial charge in [-0.1, -0.05) is 11.8 Å². The lowest BCUT2D eigenvalue weighted by Gasteiger charge is -2.21. The molecule has 20 heavy (non-hydrogen) atoms. The van der Waals surface area contributed by atoms with E-state index in [1.807, 2.05) is 0 Å². The van der Waals surface area contributed by atoms with E-state index in [1.54, 1.807) is 0 Å². The molecule has 0 radical (unpaired) electrons. The molecular weight excluding hydrogens is 261 g/mol. The summed E-state index contributed by atoms with van der Waals surface area (Å²) < 4.78 is 18.4. The highest BCUT2D eigenvalue weighted by molar-refractivity contribution is 5.93. The minimum atomic E-state index is -0.434. The van der Waals surface area contributed by atoms with Gasteiger partial charge in [-0.3, -0.25) is 4.79 Å². The van der Waals surface area contributed by atoms with E-state index in [0.29, 0.717) is 37.3 Å². The summed E-state index contributed by atoms with van der Waals surface area (Å²) in [5.74, 6) is 4.46. The average Bonchev–Trinajstić information content (AvgIpc) is 2.48. The average molecular weight is 277 g/mol. The third-order valence-electron chi connectivity index (χ3n) is 3.13. The maximum atomic E-state index is 13.2. The summed E-state index contributed by atoms with van der Waals surface area (Å²) in [6.07, 6.45) is 1.37. The number of hydrogen-bond acceptors (Lipinski definition) is 3. The first-order valence-corrected chi connectivity index (χ1v) is 6.48. The topological polar surface area (TPSA) is 58.6 Å². The van der Waals surface area contributed by atoms with Gasteiger partial charge in [-0.05, 0) is 31.0 Å². The van der Waals surface area contributed by atoms with Gasteiger partial charge in [-0.25, -0.2) is 4.39 Å². The molecule has 4 nitrogen and oxygen atoms in total. The van der Waals surface area contributed by atoms with Crippen LogP contribution >= 0.6 is 0 Å². The van der Waals surface area contributed by atoms with Crippen LogP contribution in [0.2, 0.25) is 0 Å². The monoisotopic (exact) mass is 277 g/mol. The third-order valence-corrected chi connectivity index (χ3v) is 3.13. The number of aliphatic hydroxyl groups is 1. The van der Waals surface area contributed by atoms with Crippen molar-refractivity contribution in [1.82, 2.24) is 0 Å². The highest BCUT2D eigenvalue weighted by Crippen LogP contribution is 2.20. The zero-order valence-electron chi connectivity index (χ0n) is 11.0. The van der Waals surface area contributed by atoms with Crippen LogP contribution in [-0.4, -0.2) is 30.8 Å². The van der Waals surface area contributed by atoms with Gasteiger partial charge >= 0.3 is 0 Å². The smallest absolute Gasteiger partial charge is 0.227 e. The summed E-state index contributed by atoms with van der Waals surface area (Å²) in [7, 11) is 0. The van der Waals surface area contributed by atoms with Gasteiger partial charge in [0.15, 0.2) is 0 Å². The number of nitrogens with one attached hydrogen (secondary N) is 1. The van der Waals surface area contributed by atoms with Gasteiger partial charge in [0.25, 0.3) is 0 Å². The zero-order valence-corrected chi connectivity index (χ0v) is 11.0. The summed E-state index contributed by atoms with van der Waals surface area (Å²) >= 11 is 0. The second-order valence-electron chi connectivity index (χ2n) is 4.53. The van der Waals surface area contributed by atoms with Crippen molar-refractivity contribution in [2.24, 2.45) is 5.92 Å². The molecule has 1 saturated heterocycles. The minimum Gasteiger partial charge on any atom is -0.384 e. The van der Waals surface area contributed by atoms with E-state index in [1.165, 1.54) is 18.2 Å². The first-order chi connectivity index (χ1) is 9.70. The molecule has 2 N–H and O–H groups in total. The van der Waals surface area contributed by atoms with Crippen LogP contribution in [0.25, 0.3) is 0 Å². The lowest BCUT2D eigenvalue weighted by Crippen LogP contribution is -2.28. The number of hydrogen-bond donors (Lipinski definition) is 2. The Labute approximate surface area is 116 Å². The molecule has 2 rings (SSSR count). The number of carbonyl (C=O) groups is 1. The number of rotatable bonds is 2. The van der Waals surface area contributed by atoms with Crippen LogP contribution < -0.4 is 5.32 Å². The predicted molar refractivity (Wildman–Crippen MR) is 72.5 cm³/mol. The van der Waals surface area contributed by atoms with Crippen molar-refractivity contribution < 1.29 is 19.0 Å². The Kier molecular flexibility index (Phi) is 5.10. The van der Waals surface area contributed by atoms with Gasteiger partial charge in [-0.2, -0.15) is 0 Å². The SMILES string of the molecule is O=C(Nc1ccc(F)cc1C#CCO)C1CCOCC1. The van der Waals surface area contributed by atoms with E-state index in [0.717, 1.165) is 0 Å². The minimum absolute atomic E-state index is 0.0903. The van der Waals surface area contributed by atoms with Crippen molar-refractivity contribution in [3.63, 3.8) is 0 Å². The molecule has 1 aliphatic heterocycles. The molecule has 0 bridgehead atoms. The second-order valence-corrected chi connectivity index (χ2v) is 4.53. The van der Waals surface area contributed by atoms with Crippen LogP contribution in [0.1, 0.15) is 18.4 Å². The van der Waals surface area contributed by atoms with Crippen LogP contribution in [-0.2, 0) is 9.53 Å². The largest absolute Gasteiger partial charge is 0.384 e. The fourth-order valence-corrected chi connectivity index (χ4v) is 2.06. The molecule has 1 amide bonds. The fourth-order valence-electron chi connectivity index (χ4n) is 2.06. The summed E-state index contributed by atoms with van der Waals surface area (Å²) in [6, 6.07) is 3.99. The molecule has 1 aliphatic rings. The molecule has 1 aromatic carbocycles. The van der Waals surface area contributed by atoms with Gasteiger partial charge in [0.1, 0.15) is 12.4 Å². The Morgan fingerprint density at radius 3 is 2.90 bits per heavy atom. The Bertz CT molecular complexity index is 542. The van der Waals surface area contributed by atoms with Gasteiger partial charge in [0, 0.05) is 19.1 Å². The number of benzene rings is 1. The standard InChI is InChI=1S/C15H16FNO3/c16-13-3-4-14(12(10-13)2-1-7-18)17-15(19)11-5-8-20-9-6-11/h3-4,10-11,18H,5-9H2,(H,17,19). The van der Waals surface area contributed by atoms with Crippen LogP contribution in [0.3, 0.4) is 0 Å². The van der Waals surface area contributed by atoms with Crippen molar-refractivity contribution in [2.45, 2.75) is 12.8 Å². The molecule has 0 aromatic heterocycles. The Morgan fingerprint density at radius 2 is 2.20 bits per heavy atom. The zero-order chi connectivity index (χ0) is 14.4. The maximum Gasteiger partial charge on any atom is 0.227 e. The van der Waals surface area contributed by atoms with Crippen molar-refractivity contribution in [2.75, 3.05) is 25.1 Å². The first kappa shape index (κ1) is 14.5. The maximum absolute atomic E-state index is 13.2. The lowest BCUT2D eigenvalue weighted by atomic mass is 9.99. The number of carbonyl (C=O) groups excluding carboxylic acids is 1. The molecule has 0 aliphatic carbocycles. The molecule has 0 atom stereocenters. The molecule has 1 aromatic rings. The molecule has 106 valence electrons. The number of anilines is 1. The number of aliphatic hydroxyl groups excluding tert-OH is 1. The first-order valence-electron chi connectivity index (χ1n) is 6.48. The highest BCUT2D eigenvalue weighted by atomic mass is 19.1. The van der Waals surface area contributed by atoms with E-state index >= 15 is 0 Å². The third kappa shape index (κ3) is 3.80. The molecule has 1 fully saturated rings. The molecular formula is C15H16FNO3. The lowest BCUT2D eigenvalue weighted by molar-refractivity contribution is -0.122. The van der Waals surface area contributed by atoms with Gasteiger partial charge < -0.3 is 15.2 Å². The van der Waals surface area contributed by atoms with Crippen molar-refractivity contribution >= 4 is 11.6 Å². The second kappa shape index (κ2) is 7.04. The highest BCUT2D eigenvalue weighted by Gasteiger charge is 2.22. The van der Waals surface area contributed by atoms with Crippen molar-refractivity contribution in [3.05, 3.63) is 29.6 Å². The predicted octanol–water partition coefficient (Wildman–Crippen LogP) is 1.53. The summed E-state index contributed by atoms with van der Waals surface area (Å²) in [6.45, 7) is 0.848. The fraction of sp³-hybridized carbons (Fsp3) is 0.400. The van der Waals surface area contributed by atoms with E-state index in [9.17, 15) is 9.18 Å². The Morgan fingerprint density at radius 1 is 1.45 bits per heavy atom. The van der Waals surface area contributed by atoms with Crippen molar-refractivity contribution in [1.29, 1.82) is 0 Å². The van der Waals surface area contributed by atoms with Crippen LogP contribution in [0.4, 0.5) is 10.1 Å². The van der Waals surface area contributed by atoms with Gasteiger partial charge in [0.2, 0.25) is 5.91 Å². The van der Waals surface area contributed by atoms with E-state index in [2.05, 4.69) is 17.2 Å². The van der Waals surface area contributed by atoms with E-state index in [-0.39, 0.29) is 18.4 Å². The van der Waals surface area contributed by atoms with Crippen LogP contribution in [0, 0.1) is 23.6 Å². The quantitative estimate of drug-likeness (QED) is 0.806. The summed E-state index contributed by atoms with van der Waals surface area (Å²) in [5, 5.41) is 11.5.